The normalized spacial score (nSPS) is 14.6. The summed E-state index contributed by atoms with van der Waals surface area (Å²) in [6, 6.07) is 7.82. The van der Waals surface area contributed by atoms with Gasteiger partial charge in [0.05, 0.1) is 6.61 Å². The zero-order chi connectivity index (χ0) is 12.6. The van der Waals surface area contributed by atoms with Gasteiger partial charge in [0.2, 0.25) is 0 Å². The fourth-order valence-corrected chi connectivity index (χ4v) is 1.70. The number of hydrogen-bond donors (Lipinski definition) is 3. The molecular formula is C13H19N3O2. The number of guanidine groups is 1. The van der Waals surface area contributed by atoms with Crippen LogP contribution in [0.3, 0.4) is 0 Å². The highest BCUT2D eigenvalue weighted by atomic mass is 16.5. The molecule has 5 heteroatoms. The number of rotatable bonds is 5. The Morgan fingerprint density at radius 1 is 1.33 bits per heavy atom. The topological polar surface area (TPSA) is 65.9 Å². The van der Waals surface area contributed by atoms with Crippen LogP contribution in [0, 0.1) is 0 Å². The molecule has 1 aliphatic heterocycles. The molecule has 2 rings (SSSR count). The van der Waals surface area contributed by atoms with Crippen LogP contribution in [0.5, 0.6) is 5.75 Å². The summed E-state index contributed by atoms with van der Waals surface area (Å²) in [6.45, 7) is 2.99. The molecule has 0 aliphatic carbocycles. The molecule has 1 aliphatic rings. The van der Waals surface area contributed by atoms with E-state index in [1.807, 2.05) is 24.3 Å². The zero-order valence-corrected chi connectivity index (χ0v) is 10.4. The summed E-state index contributed by atoms with van der Waals surface area (Å²) in [6.07, 6.45) is 1.10. The van der Waals surface area contributed by atoms with E-state index < -0.39 is 0 Å². The Labute approximate surface area is 107 Å². The van der Waals surface area contributed by atoms with E-state index in [-0.39, 0.29) is 6.61 Å². The lowest BCUT2D eigenvalue weighted by Gasteiger charge is -2.16. The van der Waals surface area contributed by atoms with Gasteiger partial charge < -0.3 is 20.5 Å². The van der Waals surface area contributed by atoms with Gasteiger partial charge in [0.25, 0.3) is 0 Å². The van der Waals surface area contributed by atoms with Gasteiger partial charge >= 0.3 is 0 Å². The lowest BCUT2D eigenvalue weighted by atomic mass is 10.2. The highest BCUT2D eigenvalue weighted by molar-refractivity contribution is 5.80. The first kappa shape index (κ1) is 12.7. The number of aliphatic hydroxyl groups is 1. The highest BCUT2D eigenvalue weighted by Crippen LogP contribution is 2.11. The zero-order valence-electron chi connectivity index (χ0n) is 10.4. The molecule has 0 radical (unpaired) electrons. The van der Waals surface area contributed by atoms with Crippen molar-refractivity contribution in [3.63, 3.8) is 0 Å². The molecule has 0 saturated heterocycles. The maximum atomic E-state index is 8.66. The van der Waals surface area contributed by atoms with Crippen molar-refractivity contribution < 1.29 is 9.84 Å². The van der Waals surface area contributed by atoms with Crippen LogP contribution in [0.4, 0.5) is 0 Å². The molecule has 1 aromatic carbocycles. The standard InChI is InChI=1S/C13H19N3O2/c17-8-9-18-12-4-2-11(3-5-12)10-16-13-14-6-1-7-15-13/h2-5,17H,1,6-10H2,(H2,14,15,16). The minimum Gasteiger partial charge on any atom is -0.491 e. The first-order chi connectivity index (χ1) is 8.88. The van der Waals surface area contributed by atoms with Gasteiger partial charge in [-0.1, -0.05) is 12.1 Å². The van der Waals surface area contributed by atoms with Crippen LogP contribution in [-0.2, 0) is 6.54 Å². The molecule has 18 heavy (non-hydrogen) atoms. The third kappa shape index (κ3) is 3.92. The molecular weight excluding hydrogens is 230 g/mol. The first-order valence-corrected chi connectivity index (χ1v) is 6.23. The summed E-state index contributed by atoms with van der Waals surface area (Å²) in [4.78, 5) is 4.34. The third-order valence-corrected chi connectivity index (χ3v) is 2.64. The van der Waals surface area contributed by atoms with Crippen LogP contribution in [0.25, 0.3) is 0 Å². The maximum absolute atomic E-state index is 8.66. The van der Waals surface area contributed by atoms with Gasteiger partial charge in [-0.2, -0.15) is 0 Å². The molecule has 0 fully saturated rings. The number of aliphatic imine (C=N–C) groups is 1. The molecule has 0 atom stereocenters. The number of nitrogens with zero attached hydrogens (tertiary/aromatic N) is 1. The van der Waals surface area contributed by atoms with Crippen LogP contribution in [-0.4, -0.2) is 37.4 Å². The fraction of sp³-hybridized carbons (Fsp3) is 0.462. The molecule has 1 heterocycles. The monoisotopic (exact) mass is 249 g/mol. The first-order valence-electron chi connectivity index (χ1n) is 6.23. The summed E-state index contributed by atoms with van der Waals surface area (Å²) in [5.74, 6) is 1.66. The number of benzene rings is 1. The molecule has 1 aromatic rings. The van der Waals surface area contributed by atoms with Crippen molar-refractivity contribution in [3.05, 3.63) is 29.8 Å². The van der Waals surface area contributed by atoms with Crippen LogP contribution in [0.1, 0.15) is 12.0 Å². The Hall–Kier alpha value is -1.75. The highest BCUT2D eigenvalue weighted by Gasteiger charge is 2.03. The minimum absolute atomic E-state index is 0.0365. The van der Waals surface area contributed by atoms with Crippen molar-refractivity contribution >= 4 is 5.96 Å². The average Bonchev–Trinajstić information content (AvgIpc) is 2.45. The number of ether oxygens (including phenoxy) is 1. The van der Waals surface area contributed by atoms with Gasteiger partial charge in [0.1, 0.15) is 12.4 Å². The Balaban J connectivity index is 1.80. The van der Waals surface area contributed by atoms with Crippen LogP contribution >= 0.6 is 0 Å². The van der Waals surface area contributed by atoms with Crippen molar-refractivity contribution in [3.8, 4) is 5.75 Å². The smallest absolute Gasteiger partial charge is 0.191 e. The molecule has 0 unspecified atom stereocenters. The van der Waals surface area contributed by atoms with E-state index >= 15 is 0 Å². The van der Waals surface area contributed by atoms with E-state index in [1.54, 1.807) is 0 Å². The lowest BCUT2D eigenvalue weighted by molar-refractivity contribution is 0.201. The second-order valence-electron chi connectivity index (χ2n) is 4.08. The predicted octanol–water partition coefficient (Wildman–Crippen LogP) is 0.497. The summed E-state index contributed by atoms with van der Waals surface area (Å²) in [5.41, 5.74) is 1.17. The van der Waals surface area contributed by atoms with Crippen molar-refractivity contribution in [1.29, 1.82) is 0 Å². The summed E-state index contributed by atoms with van der Waals surface area (Å²) in [7, 11) is 0. The quantitative estimate of drug-likeness (QED) is 0.711. The van der Waals surface area contributed by atoms with Crippen LogP contribution < -0.4 is 15.4 Å². The summed E-state index contributed by atoms with van der Waals surface area (Å²) < 4.78 is 5.30. The summed E-state index contributed by atoms with van der Waals surface area (Å²) in [5, 5.41) is 15.1. The minimum atomic E-state index is 0.0365. The van der Waals surface area contributed by atoms with Crippen molar-refractivity contribution in [1.82, 2.24) is 10.6 Å². The van der Waals surface area contributed by atoms with Gasteiger partial charge in [0.15, 0.2) is 5.96 Å². The van der Waals surface area contributed by atoms with Gasteiger partial charge in [-0.3, -0.25) is 4.99 Å². The lowest BCUT2D eigenvalue weighted by Crippen LogP contribution is -2.40. The number of hydrogen-bond acceptors (Lipinski definition) is 5. The molecule has 3 N–H and O–H groups in total. The summed E-state index contributed by atoms with van der Waals surface area (Å²) >= 11 is 0. The van der Waals surface area contributed by atoms with Gasteiger partial charge in [-0.25, -0.2) is 0 Å². The SMILES string of the molecule is OCCOc1ccc(CNC2=NCCCN2)cc1. The van der Waals surface area contributed by atoms with Gasteiger partial charge in [0, 0.05) is 19.6 Å². The molecule has 98 valence electrons. The second kappa shape index (κ2) is 6.86. The van der Waals surface area contributed by atoms with Gasteiger partial charge in [-0.15, -0.1) is 0 Å². The fourth-order valence-electron chi connectivity index (χ4n) is 1.70. The van der Waals surface area contributed by atoms with Gasteiger partial charge in [-0.05, 0) is 24.1 Å². The number of aliphatic hydroxyl groups excluding tert-OH is 1. The third-order valence-electron chi connectivity index (χ3n) is 2.64. The molecule has 0 bridgehead atoms. The van der Waals surface area contributed by atoms with Crippen molar-refractivity contribution in [2.24, 2.45) is 4.99 Å². The molecule has 0 aromatic heterocycles. The number of nitrogens with one attached hydrogen (secondary N) is 2. The second-order valence-corrected chi connectivity index (χ2v) is 4.08. The van der Waals surface area contributed by atoms with E-state index in [0.717, 1.165) is 37.8 Å². The average molecular weight is 249 g/mol. The molecule has 5 nitrogen and oxygen atoms in total. The Kier molecular flexibility index (Phi) is 4.84. The molecule has 0 saturated carbocycles. The van der Waals surface area contributed by atoms with E-state index in [0.29, 0.717) is 6.61 Å². The largest absolute Gasteiger partial charge is 0.491 e. The van der Waals surface area contributed by atoms with Crippen molar-refractivity contribution in [2.45, 2.75) is 13.0 Å². The Bertz CT molecular complexity index is 390. The van der Waals surface area contributed by atoms with Crippen LogP contribution in [0.15, 0.2) is 29.3 Å². The predicted molar refractivity (Wildman–Crippen MR) is 70.8 cm³/mol. The van der Waals surface area contributed by atoms with E-state index in [1.165, 1.54) is 5.56 Å². The molecule has 0 amide bonds. The van der Waals surface area contributed by atoms with E-state index in [9.17, 15) is 0 Å². The van der Waals surface area contributed by atoms with Crippen LogP contribution in [0.2, 0.25) is 0 Å². The maximum Gasteiger partial charge on any atom is 0.191 e. The Morgan fingerprint density at radius 3 is 2.83 bits per heavy atom. The Morgan fingerprint density at radius 2 is 2.17 bits per heavy atom. The van der Waals surface area contributed by atoms with Crippen molar-refractivity contribution in [2.75, 3.05) is 26.3 Å². The van der Waals surface area contributed by atoms with E-state index in [4.69, 9.17) is 9.84 Å². The van der Waals surface area contributed by atoms with E-state index in [2.05, 4.69) is 15.6 Å². The molecule has 0 spiro atoms.